The van der Waals surface area contributed by atoms with Crippen molar-refractivity contribution in [3.05, 3.63) is 34.8 Å². The molecule has 0 fully saturated rings. The first-order valence-electron chi connectivity index (χ1n) is 8.70. The van der Waals surface area contributed by atoms with Gasteiger partial charge in [0.05, 0.1) is 5.56 Å². The summed E-state index contributed by atoms with van der Waals surface area (Å²) in [6.07, 6.45) is 1.72. The van der Waals surface area contributed by atoms with Crippen LogP contribution in [0.25, 0.3) is 0 Å². The molecule has 24 heavy (non-hydrogen) atoms. The van der Waals surface area contributed by atoms with Crippen LogP contribution in [-0.4, -0.2) is 26.7 Å². The van der Waals surface area contributed by atoms with E-state index in [1.807, 2.05) is 13.0 Å². The number of hydrogen-bond acceptors (Lipinski definition) is 4. The van der Waals surface area contributed by atoms with E-state index in [-0.39, 0.29) is 17.9 Å². The number of nitrogens with one attached hydrogen (secondary N) is 1. The SMILES string of the molecule is Cc1oc(C(C)C)cc1C(=O)NC1CCc2nnc(C(C)C)n2C1. The van der Waals surface area contributed by atoms with Crippen LogP contribution >= 0.6 is 0 Å². The number of hydrogen-bond donors (Lipinski definition) is 1. The van der Waals surface area contributed by atoms with E-state index in [4.69, 9.17) is 4.42 Å². The maximum atomic E-state index is 12.6. The Bertz CT molecular complexity index is 742. The summed E-state index contributed by atoms with van der Waals surface area (Å²) in [4.78, 5) is 12.6. The third-order valence-electron chi connectivity index (χ3n) is 4.58. The minimum Gasteiger partial charge on any atom is -0.465 e. The monoisotopic (exact) mass is 330 g/mol. The molecule has 6 nitrogen and oxygen atoms in total. The zero-order chi connectivity index (χ0) is 17.4. The average molecular weight is 330 g/mol. The molecule has 1 aliphatic rings. The number of furan rings is 1. The number of aromatic nitrogens is 3. The number of rotatable bonds is 4. The molecule has 2 aromatic heterocycles. The lowest BCUT2D eigenvalue weighted by Gasteiger charge is -2.25. The smallest absolute Gasteiger partial charge is 0.255 e. The summed E-state index contributed by atoms with van der Waals surface area (Å²) in [5, 5.41) is 11.7. The molecular weight excluding hydrogens is 304 g/mol. The summed E-state index contributed by atoms with van der Waals surface area (Å²) in [6, 6.07) is 1.96. The zero-order valence-electron chi connectivity index (χ0n) is 15.1. The van der Waals surface area contributed by atoms with Gasteiger partial charge in [0.1, 0.15) is 23.2 Å². The van der Waals surface area contributed by atoms with E-state index in [1.54, 1.807) is 0 Å². The largest absolute Gasteiger partial charge is 0.465 e. The van der Waals surface area contributed by atoms with Crippen molar-refractivity contribution in [1.29, 1.82) is 0 Å². The molecule has 3 rings (SSSR count). The first kappa shape index (κ1) is 16.7. The number of fused-ring (bicyclic) bond motifs is 1. The van der Waals surface area contributed by atoms with Crippen LogP contribution in [0.3, 0.4) is 0 Å². The lowest BCUT2D eigenvalue weighted by atomic mass is 10.0. The van der Waals surface area contributed by atoms with Crippen LogP contribution in [0.4, 0.5) is 0 Å². The van der Waals surface area contributed by atoms with Crippen LogP contribution < -0.4 is 5.32 Å². The number of amides is 1. The van der Waals surface area contributed by atoms with Crippen LogP contribution in [0.5, 0.6) is 0 Å². The molecule has 1 amide bonds. The lowest BCUT2D eigenvalue weighted by Crippen LogP contribution is -2.41. The van der Waals surface area contributed by atoms with Gasteiger partial charge in [-0.3, -0.25) is 4.79 Å². The Hall–Kier alpha value is -2.11. The van der Waals surface area contributed by atoms with E-state index < -0.39 is 0 Å². The van der Waals surface area contributed by atoms with Gasteiger partial charge in [0, 0.05) is 30.8 Å². The van der Waals surface area contributed by atoms with Gasteiger partial charge in [0.2, 0.25) is 0 Å². The Morgan fingerprint density at radius 2 is 2.04 bits per heavy atom. The molecule has 0 saturated heterocycles. The second-order valence-electron chi connectivity index (χ2n) is 7.22. The lowest BCUT2D eigenvalue weighted by molar-refractivity contribution is 0.0925. The van der Waals surface area contributed by atoms with Crippen LogP contribution in [0.1, 0.15) is 79.5 Å². The summed E-state index contributed by atoms with van der Waals surface area (Å²) in [7, 11) is 0. The predicted molar refractivity (Wildman–Crippen MR) is 91.2 cm³/mol. The van der Waals surface area contributed by atoms with Crippen molar-refractivity contribution in [1.82, 2.24) is 20.1 Å². The number of nitrogens with zero attached hydrogens (tertiary/aromatic N) is 3. The predicted octanol–water partition coefficient (Wildman–Crippen LogP) is 3.17. The molecule has 0 spiro atoms. The summed E-state index contributed by atoms with van der Waals surface area (Å²) >= 11 is 0. The second kappa shape index (κ2) is 6.42. The van der Waals surface area contributed by atoms with Crippen LogP contribution in [0.15, 0.2) is 10.5 Å². The van der Waals surface area contributed by atoms with Gasteiger partial charge in [0.25, 0.3) is 5.91 Å². The van der Waals surface area contributed by atoms with Crippen LogP contribution in [-0.2, 0) is 13.0 Å². The Morgan fingerprint density at radius 3 is 2.67 bits per heavy atom. The molecule has 0 bridgehead atoms. The Kier molecular flexibility index (Phi) is 4.47. The van der Waals surface area contributed by atoms with E-state index in [9.17, 15) is 4.79 Å². The van der Waals surface area contributed by atoms with Crippen molar-refractivity contribution in [2.45, 2.75) is 71.9 Å². The first-order valence-corrected chi connectivity index (χ1v) is 8.70. The quantitative estimate of drug-likeness (QED) is 0.934. The Labute approximate surface area is 142 Å². The van der Waals surface area contributed by atoms with E-state index in [2.05, 4.69) is 47.8 Å². The number of carbonyl (C=O) groups excluding carboxylic acids is 1. The van der Waals surface area contributed by atoms with E-state index in [1.165, 1.54) is 0 Å². The molecule has 3 heterocycles. The first-order chi connectivity index (χ1) is 11.4. The molecule has 1 atom stereocenters. The highest BCUT2D eigenvalue weighted by atomic mass is 16.3. The molecule has 1 unspecified atom stereocenters. The molecule has 1 N–H and O–H groups in total. The van der Waals surface area contributed by atoms with Gasteiger partial charge < -0.3 is 14.3 Å². The van der Waals surface area contributed by atoms with Crippen LogP contribution in [0.2, 0.25) is 0 Å². The molecule has 0 radical (unpaired) electrons. The normalized spacial score (nSPS) is 17.4. The molecule has 1 aliphatic heterocycles. The summed E-state index contributed by atoms with van der Waals surface area (Å²) in [6.45, 7) is 10.9. The fourth-order valence-electron chi connectivity index (χ4n) is 3.17. The van der Waals surface area contributed by atoms with Gasteiger partial charge in [-0.1, -0.05) is 27.7 Å². The van der Waals surface area contributed by atoms with Crippen LogP contribution in [0, 0.1) is 6.92 Å². The Morgan fingerprint density at radius 1 is 1.29 bits per heavy atom. The molecule has 0 aromatic carbocycles. The average Bonchev–Trinajstić information content (AvgIpc) is 3.10. The van der Waals surface area contributed by atoms with Crippen molar-refractivity contribution in [2.24, 2.45) is 0 Å². The maximum Gasteiger partial charge on any atom is 0.255 e. The molecule has 6 heteroatoms. The fourth-order valence-corrected chi connectivity index (χ4v) is 3.17. The maximum absolute atomic E-state index is 12.6. The molecular formula is C18H26N4O2. The third-order valence-corrected chi connectivity index (χ3v) is 4.58. The second-order valence-corrected chi connectivity index (χ2v) is 7.22. The highest BCUT2D eigenvalue weighted by Crippen LogP contribution is 2.23. The third kappa shape index (κ3) is 3.09. The Balaban J connectivity index is 1.73. The number of carbonyl (C=O) groups is 1. The minimum atomic E-state index is -0.0595. The standard InChI is InChI=1S/C18H26N4O2/c1-10(2)15-8-14(12(5)24-15)18(23)19-13-6-7-16-20-21-17(11(3)4)22(16)9-13/h8,10-11,13H,6-7,9H2,1-5H3,(H,19,23). The van der Waals surface area contributed by atoms with Gasteiger partial charge in [0.15, 0.2) is 0 Å². The summed E-state index contributed by atoms with van der Waals surface area (Å²) < 4.78 is 7.85. The zero-order valence-corrected chi connectivity index (χ0v) is 15.1. The van der Waals surface area contributed by atoms with Crippen molar-refractivity contribution in [2.75, 3.05) is 0 Å². The van der Waals surface area contributed by atoms with Crippen molar-refractivity contribution >= 4 is 5.91 Å². The van der Waals surface area contributed by atoms with Gasteiger partial charge in [-0.05, 0) is 19.4 Å². The molecule has 0 saturated carbocycles. The molecule has 2 aromatic rings. The highest BCUT2D eigenvalue weighted by Gasteiger charge is 2.26. The minimum absolute atomic E-state index is 0.0595. The molecule has 0 aliphatic carbocycles. The highest BCUT2D eigenvalue weighted by molar-refractivity contribution is 5.95. The fraction of sp³-hybridized carbons (Fsp3) is 0.611. The van der Waals surface area contributed by atoms with Crippen molar-refractivity contribution < 1.29 is 9.21 Å². The summed E-state index contributed by atoms with van der Waals surface area (Å²) in [5.74, 6) is 4.08. The van der Waals surface area contributed by atoms with E-state index in [0.29, 0.717) is 17.2 Å². The van der Waals surface area contributed by atoms with E-state index in [0.717, 1.165) is 36.8 Å². The molecule has 130 valence electrons. The van der Waals surface area contributed by atoms with Gasteiger partial charge in [-0.15, -0.1) is 10.2 Å². The van der Waals surface area contributed by atoms with Gasteiger partial charge in [-0.2, -0.15) is 0 Å². The van der Waals surface area contributed by atoms with E-state index >= 15 is 0 Å². The number of aryl methyl sites for hydroxylation is 2. The van der Waals surface area contributed by atoms with Gasteiger partial charge in [-0.25, -0.2) is 0 Å². The topological polar surface area (TPSA) is 73.0 Å². The summed E-state index contributed by atoms with van der Waals surface area (Å²) in [5.41, 5.74) is 0.636. The van der Waals surface area contributed by atoms with Crippen molar-refractivity contribution in [3.63, 3.8) is 0 Å². The van der Waals surface area contributed by atoms with Crippen molar-refractivity contribution in [3.8, 4) is 0 Å². The van der Waals surface area contributed by atoms with Gasteiger partial charge >= 0.3 is 0 Å².